The highest BCUT2D eigenvalue weighted by Gasteiger charge is 2.35. The molecule has 1 aliphatic rings. The van der Waals surface area contributed by atoms with Gasteiger partial charge in [-0.2, -0.15) is 13.2 Å². The third kappa shape index (κ3) is 3.85. The quantitative estimate of drug-likeness (QED) is 0.903. The fourth-order valence-electron chi connectivity index (χ4n) is 3.11. The first-order valence-electron chi connectivity index (χ1n) is 8.22. The number of hydrogen-bond acceptors (Lipinski definition) is 5. The van der Waals surface area contributed by atoms with Gasteiger partial charge in [0, 0.05) is 37.9 Å². The summed E-state index contributed by atoms with van der Waals surface area (Å²) in [6.07, 6.45) is -4.40. The Labute approximate surface area is 148 Å². The number of rotatable bonds is 3. The Balaban J connectivity index is 1.70. The van der Waals surface area contributed by atoms with Crippen molar-refractivity contribution in [2.45, 2.75) is 19.6 Å². The summed E-state index contributed by atoms with van der Waals surface area (Å²) in [7, 11) is 0. The van der Waals surface area contributed by atoms with E-state index in [1.54, 1.807) is 17.9 Å². The minimum Gasteiger partial charge on any atom is -0.502 e. The maximum atomic E-state index is 13.2. The zero-order chi connectivity index (χ0) is 18.9. The van der Waals surface area contributed by atoms with E-state index in [0.29, 0.717) is 31.9 Å². The van der Waals surface area contributed by atoms with E-state index < -0.39 is 22.9 Å². The second-order valence-corrected chi connectivity index (χ2v) is 6.27. The van der Waals surface area contributed by atoms with E-state index in [1.807, 2.05) is 4.90 Å². The van der Waals surface area contributed by atoms with Gasteiger partial charge in [-0.25, -0.2) is 0 Å². The maximum absolute atomic E-state index is 13.2. The molecule has 0 atom stereocenters. The number of alkyl halides is 3. The molecule has 1 fully saturated rings. The summed E-state index contributed by atoms with van der Waals surface area (Å²) in [6, 6.07) is 6.75. The molecule has 1 saturated heterocycles. The monoisotopic (exact) mass is 368 g/mol. The van der Waals surface area contributed by atoms with Gasteiger partial charge in [-0.15, -0.1) is 0 Å². The number of benzene rings is 1. The summed E-state index contributed by atoms with van der Waals surface area (Å²) in [5.41, 5.74) is -0.971. The number of hydrogen-bond donors (Lipinski definition) is 1. The Morgan fingerprint density at radius 1 is 1.15 bits per heavy atom. The number of nitrogens with zero attached hydrogens (tertiary/aromatic N) is 2. The smallest absolute Gasteiger partial charge is 0.418 e. The number of piperazine rings is 1. The predicted octanol–water partition coefficient (Wildman–Crippen LogP) is 2.99. The van der Waals surface area contributed by atoms with Crippen molar-refractivity contribution in [2.24, 2.45) is 0 Å². The molecule has 1 N–H and O–H groups in total. The number of para-hydroxylation sites is 1. The topological polar surface area (TPSA) is 56.9 Å². The maximum Gasteiger partial charge on any atom is 0.418 e. The number of aromatic hydroxyl groups is 1. The summed E-state index contributed by atoms with van der Waals surface area (Å²) in [5, 5.41) is 9.84. The van der Waals surface area contributed by atoms with Crippen LogP contribution in [0.2, 0.25) is 0 Å². The molecule has 0 spiro atoms. The van der Waals surface area contributed by atoms with Crippen molar-refractivity contribution in [2.75, 3.05) is 31.1 Å². The average Bonchev–Trinajstić information content (AvgIpc) is 2.59. The van der Waals surface area contributed by atoms with E-state index in [1.165, 1.54) is 18.2 Å². The van der Waals surface area contributed by atoms with Crippen LogP contribution in [-0.2, 0) is 12.7 Å². The lowest BCUT2D eigenvalue weighted by molar-refractivity contribution is -0.137. The molecule has 1 aromatic carbocycles. The van der Waals surface area contributed by atoms with E-state index in [9.17, 15) is 23.1 Å². The molecule has 2 heterocycles. The van der Waals surface area contributed by atoms with Gasteiger partial charge >= 0.3 is 6.18 Å². The molecule has 5 nitrogen and oxygen atoms in total. The molecule has 0 saturated carbocycles. The Morgan fingerprint density at radius 3 is 2.46 bits per heavy atom. The molecule has 26 heavy (non-hydrogen) atoms. The third-order valence-electron chi connectivity index (χ3n) is 4.41. The Morgan fingerprint density at radius 2 is 1.81 bits per heavy atom. The molecule has 8 heteroatoms. The zero-order valence-electron chi connectivity index (χ0n) is 14.2. The van der Waals surface area contributed by atoms with E-state index in [4.69, 9.17) is 4.42 Å². The van der Waals surface area contributed by atoms with E-state index >= 15 is 0 Å². The molecule has 1 aromatic heterocycles. The molecular formula is C18H19F3N2O3. The highest BCUT2D eigenvalue weighted by molar-refractivity contribution is 5.55. The van der Waals surface area contributed by atoms with Gasteiger partial charge in [0.25, 0.3) is 0 Å². The minimum atomic E-state index is -4.40. The summed E-state index contributed by atoms with van der Waals surface area (Å²) >= 11 is 0. The molecule has 0 radical (unpaired) electrons. The Hall–Kier alpha value is -2.48. The van der Waals surface area contributed by atoms with Crippen LogP contribution >= 0.6 is 0 Å². The molecule has 2 aromatic rings. The van der Waals surface area contributed by atoms with Gasteiger partial charge in [0.05, 0.1) is 12.1 Å². The largest absolute Gasteiger partial charge is 0.502 e. The van der Waals surface area contributed by atoms with Crippen LogP contribution in [0.15, 0.2) is 39.5 Å². The fourth-order valence-corrected chi connectivity index (χ4v) is 3.11. The van der Waals surface area contributed by atoms with Gasteiger partial charge in [0.1, 0.15) is 5.76 Å². The standard InChI is InChI=1S/C18H19F3N2O3/c1-12-10-15(24)17(25)16(26-12)11-22-6-8-23(9-7-22)14-5-3-2-4-13(14)18(19,20)21/h2-5,10,25H,6-9,11H2,1H3. The summed E-state index contributed by atoms with van der Waals surface area (Å²) in [4.78, 5) is 15.3. The van der Waals surface area contributed by atoms with Crippen LogP contribution in [0.5, 0.6) is 5.75 Å². The molecule has 0 amide bonds. The SMILES string of the molecule is Cc1cc(=O)c(O)c(CN2CCN(c3ccccc3C(F)(F)F)CC2)o1. The summed E-state index contributed by atoms with van der Waals surface area (Å²) < 4.78 is 45.0. The molecule has 0 unspecified atom stereocenters. The zero-order valence-corrected chi connectivity index (χ0v) is 14.2. The molecule has 1 aliphatic heterocycles. The van der Waals surface area contributed by atoms with Crippen LogP contribution < -0.4 is 10.3 Å². The van der Waals surface area contributed by atoms with Crippen LogP contribution in [0.4, 0.5) is 18.9 Å². The Bertz CT molecular complexity index is 840. The lowest BCUT2D eigenvalue weighted by Crippen LogP contribution is -2.46. The van der Waals surface area contributed by atoms with Gasteiger partial charge in [-0.05, 0) is 19.1 Å². The van der Waals surface area contributed by atoms with Crippen molar-refractivity contribution in [1.82, 2.24) is 4.90 Å². The molecule has 0 aliphatic carbocycles. The van der Waals surface area contributed by atoms with E-state index in [2.05, 4.69) is 0 Å². The van der Waals surface area contributed by atoms with Crippen LogP contribution in [-0.4, -0.2) is 36.2 Å². The first kappa shape index (κ1) is 18.3. The van der Waals surface area contributed by atoms with Crippen molar-refractivity contribution in [3.8, 4) is 5.75 Å². The van der Waals surface area contributed by atoms with Crippen LogP contribution in [0.25, 0.3) is 0 Å². The van der Waals surface area contributed by atoms with Crippen molar-refractivity contribution in [3.05, 3.63) is 57.6 Å². The van der Waals surface area contributed by atoms with Gasteiger partial charge in [0.2, 0.25) is 11.2 Å². The van der Waals surface area contributed by atoms with Crippen LogP contribution in [0.1, 0.15) is 17.1 Å². The highest BCUT2D eigenvalue weighted by Crippen LogP contribution is 2.36. The summed E-state index contributed by atoms with van der Waals surface area (Å²) in [6.45, 7) is 3.65. The van der Waals surface area contributed by atoms with Gasteiger partial charge in [-0.1, -0.05) is 12.1 Å². The van der Waals surface area contributed by atoms with Crippen molar-refractivity contribution in [3.63, 3.8) is 0 Å². The molecule has 140 valence electrons. The molecular weight excluding hydrogens is 349 g/mol. The van der Waals surface area contributed by atoms with Crippen LogP contribution in [0, 0.1) is 6.92 Å². The van der Waals surface area contributed by atoms with Gasteiger partial charge in [-0.3, -0.25) is 9.69 Å². The van der Waals surface area contributed by atoms with Gasteiger partial charge < -0.3 is 14.4 Å². The minimum absolute atomic E-state index is 0.171. The van der Waals surface area contributed by atoms with Crippen molar-refractivity contribution >= 4 is 5.69 Å². The average molecular weight is 368 g/mol. The Kier molecular flexibility index (Phi) is 4.95. The second kappa shape index (κ2) is 7.03. The molecule has 0 bridgehead atoms. The van der Waals surface area contributed by atoms with E-state index in [-0.39, 0.29) is 18.0 Å². The fraction of sp³-hybridized carbons (Fsp3) is 0.389. The second-order valence-electron chi connectivity index (χ2n) is 6.27. The number of halogens is 3. The number of anilines is 1. The van der Waals surface area contributed by atoms with E-state index in [0.717, 1.165) is 6.07 Å². The first-order chi connectivity index (χ1) is 12.3. The third-order valence-corrected chi connectivity index (χ3v) is 4.41. The highest BCUT2D eigenvalue weighted by atomic mass is 19.4. The first-order valence-corrected chi connectivity index (χ1v) is 8.22. The van der Waals surface area contributed by atoms with Crippen molar-refractivity contribution in [1.29, 1.82) is 0 Å². The van der Waals surface area contributed by atoms with Gasteiger partial charge in [0.15, 0.2) is 5.76 Å². The normalized spacial score (nSPS) is 16.1. The summed E-state index contributed by atoms with van der Waals surface area (Å²) in [5.74, 6) is 0.167. The molecule has 3 rings (SSSR count). The predicted molar refractivity (Wildman–Crippen MR) is 90.3 cm³/mol. The van der Waals surface area contributed by atoms with Crippen LogP contribution in [0.3, 0.4) is 0 Å². The lowest BCUT2D eigenvalue weighted by Gasteiger charge is -2.36. The lowest BCUT2D eigenvalue weighted by atomic mass is 10.1. The van der Waals surface area contributed by atoms with Crippen molar-refractivity contribution < 1.29 is 22.7 Å². The number of aryl methyl sites for hydroxylation is 1.